The summed E-state index contributed by atoms with van der Waals surface area (Å²) in [4.78, 5) is 8.18. The lowest BCUT2D eigenvalue weighted by Gasteiger charge is -2.12. The van der Waals surface area contributed by atoms with Crippen LogP contribution in [0.4, 0.5) is 0 Å². The van der Waals surface area contributed by atoms with Gasteiger partial charge in [-0.3, -0.25) is 0 Å². The van der Waals surface area contributed by atoms with E-state index in [1.807, 2.05) is 27.7 Å². The maximum atomic E-state index is 5.49. The van der Waals surface area contributed by atoms with E-state index in [2.05, 4.69) is 25.9 Å². The van der Waals surface area contributed by atoms with Crippen LogP contribution in [-0.4, -0.2) is 22.2 Å². The van der Waals surface area contributed by atoms with Crippen molar-refractivity contribution in [2.75, 3.05) is 0 Å². The Kier molecular flexibility index (Phi) is 4.32. The summed E-state index contributed by atoms with van der Waals surface area (Å²) >= 11 is 3.32. The van der Waals surface area contributed by atoms with Crippen molar-refractivity contribution in [3.63, 3.8) is 0 Å². The van der Waals surface area contributed by atoms with Gasteiger partial charge in [-0.15, -0.1) is 0 Å². The lowest BCUT2D eigenvalue weighted by atomic mass is 10.5. The molecule has 5 heteroatoms. The van der Waals surface area contributed by atoms with E-state index in [1.165, 1.54) is 0 Å². The zero-order valence-corrected chi connectivity index (χ0v) is 10.9. The topological polar surface area (TPSA) is 44.2 Å². The van der Waals surface area contributed by atoms with Crippen LogP contribution in [0.3, 0.4) is 0 Å². The van der Waals surface area contributed by atoms with Crippen molar-refractivity contribution < 1.29 is 9.47 Å². The minimum atomic E-state index is 0.0538. The molecule has 0 saturated carbocycles. The van der Waals surface area contributed by atoms with Crippen LogP contribution in [0.1, 0.15) is 27.7 Å². The summed E-state index contributed by atoms with van der Waals surface area (Å²) in [6.45, 7) is 7.73. The maximum Gasteiger partial charge on any atom is 0.320 e. The Morgan fingerprint density at radius 3 is 2.27 bits per heavy atom. The fourth-order valence-electron chi connectivity index (χ4n) is 0.910. The van der Waals surface area contributed by atoms with Crippen molar-refractivity contribution in [3.05, 3.63) is 10.7 Å². The minimum absolute atomic E-state index is 0.0538. The predicted octanol–water partition coefficient (Wildman–Crippen LogP) is 2.81. The van der Waals surface area contributed by atoms with E-state index >= 15 is 0 Å². The molecule has 4 nitrogen and oxygen atoms in total. The van der Waals surface area contributed by atoms with Gasteiger partial charge in [0.15, 0.2) is 0 Å². The Bertz CT molecular complexity index is 329. The fourth-order valence-corrected chi connectivity index (χ4v) is 1.19. The first-order valence-electron chi connectivity index (χ1n) is 4.85. The summed E-state index contributed by atoms with van der Waals surface area (Å²) in [7, 11) is 0. The van der Waals surface area contributed by atoms with Crippen molar-refractivity contribution in [3.8, 4) is 11.9 Å². The van der Waals surface area contributed by atoms with E-state index in [9.17, 15) is 0 Å². The molecule has 0 fully saturated rings. The number of hydrogen-bond donors (Lipinski definition) is 0. The zero-order chi connectivity index (χ0) is 11.4. The molecule has 0 radical (unpaired) electrons. The molecule has 0 atom stereocenters. The van der Waals surface area contributed by atoms with Gasteiger partial charge in [-0.25, -0.2) is 4.98 Å². The van der Waals surface area contributed by atoms with Gasteiger partial charge < -0.3 is 9.47 Å². The highest BCUT2D eigenvalue weighted by Gasteiger charge is 2.09. The van der Waals surface area contributed by atoms with Crippen molar-refractivity contribution in [1.82, 2.24) is 9.97 Å². The van der Waals surface area contributed by atoms with E-state index in [1.54, 1.807) is 6.20 Å². The van der Waals surface area contributed by atoms with Gasteiger partial charge in [0.05, 0.1) is 22.9 Å². The van der Waals surface area contributed by atoms with Gasteiger partial charge in [-0.1, -0.05) is 0 Å². The van der Waals surface area contributed by atoms with Crippen molar-refractivity contribution in [2.24, 2.45) is 0 Å². The van der Waals surface area contributed by atoms with Gasteiger partial charge >= 0.3 is 6.01 Å². The minimum Gasteiger partial charge on any atom is -0.474 e. The molecule has 0 aliphatic rings. The lowest BCUT2D eigenvalue weighted by molar-refractivity contribution is 0.202. The summed E-state index contributed by atoms with van der Waals surface area (Å²) in [5.41, 5.74) is 0. The molecule has 0 aromatic carbocycles. The van der Waals surface area contributed by atoms with Crippen molar-refractivity contribution in [1.29, 1.82) is 0 Å². The molecular weight excluding hydrogens is 260 g/mol. The smallest absolute Gasteiger partial charge is 0.320 e. The average molecular weight is 275 g/mol. The standard InChI is InChI=1S/C10H15BrN2O2/c1-6(2)14-9-8(11)5-12-10(13-9)15-7(3)4/h5-7H,1-4H3. The normalized spacial score (nSPS) is 10.9. The molecule has 0 amide bonds. The van der Waals surface area contributed by atoms with Crippen LogP contribution in [0.5, 0.6) is 11.9 Å². The highest BCUT2D eigenvalue weighted by molar-refractivity contribution is 9.10. The first kappa shape index (κ1) is 12.2. The predicted molar refractivity (Wildman–Crippen MR) is 61.3 cm³/mol. The first-order chi connectivity index (χ1) is 6.99. The molecule has 84 valence electrons. The second kappa shape index (κ2) is 5.30. The Labute approximate surface area is 98.2 Å². The van der Waals surface area contributed by atoms with Crippen LogP contribution in [0.25, 0.3) is 0 Å². The number of rotatable bonds is 4. The fraction of sp³-hybridized carbons (Fsp3) is 0.600. The van der Waals surface area contributed by atoms with E-state index in [0.717, 1.165) is 4.47 Å². The maximum absolute atomic E-state index is 5.49. The molecule has 1 aromatic rings. The van der Waals surface area contributed by atoms with Gasteiger partial charge in [0.1, 0.15) is 0 Å². The van der Waals surface area contributed by atoms with Crippen LogP contribution in [-0.2, 0) is 0 Å². The molecule has 1 aromatic heterocycles. The number of ether oxygens (including phenoxy) is 2. The van der Waals surface area contributed by atoms with Crippen LogP contribution in [0, 0.1) is 0 Å². The Morgan fingerprint density at radius 1 is 1.13 bits per heavy atom. The second-order valence-electron chi connectivity index (χ2n) is 3.64. The number of hydrogen-bond acceptors (Lipinski definition) is 4. The number of aromatic nitrogens is 2. The second-order valence-corrected chi connectivity index (χ2v) is 4.49. The molecule has 1 heterocycles. The lowest BCUT2D eigenvalue weighted by Crippen LogP contribution is -2.11. The number of nitrogens with zero attached hydrogens (tertiary/aromatic N) is 2. The summed E-state index contributed by atoms with van der Waals surface area (Å²) in [6.07, 6.45) is 1.75. The molecule has 0 N–H and O–H groups in total. The third-order valence-corrected chi connectivity index (χ3v) is 1.92. The Hall–Kier alpha value is -0.840. The van der Waals surface area contributed by atoms with Gasteiger partial charge in [0.25, 0.3) is 0 Å². The molecular formula is C10H15BrN2O2. The summed E-state index contributed by atoms with van der Waals surface area (Å²) in [5, 5.41) is 0. The van der Waals surface area contributed by atoms with Gasteiger partial charge in [0.2, 0.25) is 5.88 Å². The first-order valence-corrected chi connectivity index (χ1v) is 5.64. The van der Waals surface area contributed by atoms with Crippen LogP contribution in [0.2, 0.25) is 0 Å². The third kappa shape index (κ3) is 4.03. The molecule has 0 saturated heterocycles. The van der Waals surface area contributed by atoms with E-state index < -0.39 is 0 Å². The van der Waals surface area contributed by atoms with Gasteiger partial charge in [0, 0.05) is 0 Å². The van der Waals surface area contributed by atoms with Gasteiger partial charge in [-0.05, 0) is 43.6 Å². The van der Waals surface area contributed by atoms with Crippen LogP contribution >= 0.6 is 15.9 Å². The molecule has 0 aliphatic heterocycles. The summed E-state index contributed by atoms with van der Waals surface area (Å²) in [5.74, 6) is 0.510. The van der Waals surface area contributed by atoms with Crippen LogP contribution < -0.4 is 9.47 Å². The van der Waals surface area contributed by atoms with E-state index in [4.69, 9.17) is 9.47 Å². The quantitative estimate of drug-likeness (QED) is 0.847. The molecule has 1 rings (SSSR count). The molecule has 0 aliphatic carbocycles. The van der Waals surface area contributed by atoms with Crippen LogP contribution in [0.15, 0.2) is 10.7 Å². The summed E-state index contributed by atoms with van der Waals surface area (Å²) in [6, 6.07) is 0.337. The largest absolute Gasteiger partial charge is 0.474 e. The highest BCUT2D eigenvalue weighted by Crippen LogP contribution is 2.24. The zero-order valence-electron chi connectivity index (χ0n) is 9.32. The third-order valence-electron chi connectivity index (χ3n) is 1.38. The highest BCUT2D eigenvalue weighted by atomic mass is 79.9. The molecule has 0 bridgehead atoms. The molecule has 0 unspecified atom stereocenters. The SMILES string of the molecule is CC(C)Oc1ncc(Br)c(OC(C)C)n1. The van der Waals surface area contributed by atoms with E-state index in [-0.39, 0.29) is 12.2 Å². The van der Waals surface area contributed by atoms with Crippen molar-refractivity contribution >= 4 is 15.9 Å². The molecule has 15 heavy (non-hydrogen) atoms. The summed E-state index contributed by atoms with van der Waals surface area (Å²) < 4.78 is 11.6. The molecule has 0 spiro atoms. The number of halogens is 1. The Morgan fingerprint density at radius 2 is 1.73 bits per heavy atom. The van der Waals surface area contributed by atoms with Crippen molar-refractivity contribution in [2.45, 2.75) is 39.9 Å². The Balaban J connectivity index is 2.85. The van der Waals surface area contributed by atoms with Gasteiger partial charge in [-0.2, -0.15) is 4.98 Å². The average Bonchev–Trinajstić information content (AvgIpc) is 2.09. The monoisotopic (exact) mass is 274 g/mol. The van der Waals surface area contributed by atoms with E-state index in [0.29, 0.717) is 11.9 Å².